The molecule has 0 spiro atoms. The number of halogens is 7. The highest BCUT2D eigenvalue weighted by atomic mass is 32.2. The number of nitrogens with one attached hydrogen (secondary N) is 1. The number of aromatic nitrogens is 1. The first-order valence-electron chi connectivity index (χ1n) is 14.1. The average molecular weight is 675 g/mol. The van der Waals surface area contributed by atoms with E-state index in [2.05, 4.69) is 10.3 Å². The zero-order chi connectivity index (χ0) is 34.4. The summed E-state index contributed by atoms with van der Waals surface area (Å²) in [6.45, 7) is 5.06. The normalized spacial score (nSPS) is 16.2. The molecule has 0 saturated carbocycles. The molecule has 0 bridgehead atoms. The molecule has 1 saturated heterocycles. The van der Waals surface area contributed by atoms with Crippen LogP contribution in [-0.2, 0) is 32.4 Å². The fraction of sp³-hybridized carbons (Fsp3) is 0.419. The summed E-state index contributed by atoms with van der Waals surface area (Å²) in [7, 11) is -1.91. The van der Waals surface area contributed by atoms with Crippen molar-refractivity contribution in [2.75, 3.05) is 42.1 Å². The van der Waals surface area contributed by atoms with Crippen LogP contribution in [0.25, 0.3) is 11.1 Å². The zero-order valence-electron chi connectivity index (χ0n) is 25.6. The Balaban J connectivity index is 1.76. The number of amides is 1. The standard InChI is InChI=1S/C31H33F7N4O3S/c1-18-10-22(32)6-7-24(18)25-14-27(42-9-8-23(16-42)40-17-46(5,44)45)39-15-26(25)41(4)28(43)29(2,3)19-11-20(30(33,34)35)13-21(12-19)31(36,37)38/h6-7,10-15,23,40H,8-9,16-17H2,1-5H3. The monoisotopic (exact) mass is 674 g/mol. The molecule has 1 N–H and O–H groups in total. The number of carbonyl (C=O) groups excluding carboxylic acids is 1. The quantitative estimate of drug-likeness (QED) is 0.281. The van der Waals surface area contributed by atoms with E-state index < -0.39 is 56.0 Å². The molecule has 15 heteroatoms. The lowest BCUT2D eigenvalue weighted by Crippen LogP contribution is -2.42. The van der Waals surface area contributed by atoms with Crippen molar-refractivity contribution < 1.29 is 43.9 Å². The van der Waals surface area contributed by atoms with Crippen LogP contribution in [0.15, 0.2) is 48.7 Å². The number of rotatable bonds is 8. The summed E-state index contributed by atoms with van der Waals surface area (Å²) in [6.07, 6.45) is -7.09. The summed E-state index contributed by atoms with van der Waals surface area (Å²) < 4.78 is 119. The maximum atomic E-state index is 14.1. The van der Waals surface area contributed by atoms with Crippen molar-refractivity contribution in [1.82, 2.24) is 10.3 Å². The predicted molar refractivity (Wildman–Crippen MR) is 161 cm³/mol. The maximum Gasteiger partial charge on any atom is 0.416 e. The van der Waals surface area contributed by atoms with Gasteiger partial charge in [-0.25, -0.2) is 17.8 Å². The van der Waals surface area contributed by atoms with Gasteiger partial charge in [-0.15, -0.1) is 0 Å². The fourth-order valence-corrected chi connectivity index (χ4v) is 5.93. The van der Waals surface area contributed by atoms with Gasteiger partial charge in [0.1, 0.15) is 11.6 Å². The summed E-state index contributed by atoms with van der Waals surface area (Å²) in [6, 6.07) is 6.60. The van der Waals surface area contributed by atoms with E-state index in [0.29, 0.717) is 54.2 Å². The van der Waals surface area contributed by atoms with E-state index in [1.54, 1.807) is 13.0 Å². The van der Waals surface area contributed by atoms with Crippen molar-refractivity contribution in [2.45, 2.75) is 51.0 Å². The Bertz CT molecular complexity index is 1710. The van der Waals surface area contributed by atoms with Gasteiger partial charge in [-0.05, 0) is 80.3 Å². The molecule has 7 nitrogen and oxygen atoms in total. The number of carbonyl (C=O) groups is 1. The van der Waals surface area contributed by atoms with Crippen LogP contribution in [-0.4, -0.2) is 57.6 Å². The predicted octanol–water partition coefficient (Wildman–Crippen LogP) is 6.34. The minimum atomic E-state index is -5.09. The van der Waals surface area contributed by atoms with Gasteiger partial charge in [-0.1, -0.05) is 6.07 Å². The van der Waals surface area contributed by atoms with Crippen LogP contribution in [0.5, 0.6) is 0 Å². The van der Waals surface area contributed by atoms with E-state index in [4.69, 9.17) is 0 Å². The van der Waals surface area contributed by atoms with Crippen LogP contribution < -0.4 is 15.1 Å². The van der Waals surface area contributed by atoms with Gasteiger partial charge in [0, 0.05) is 38.0 Å². The SMILES string of the molecule is Cc1cc(F)ccc1-c1cc(N2CCC(NCS(C)(=O)=O)C2)ncc1N(C)C(=O)C(C)(C)c1cc(C(F)(F)F)cc(C(F)(F)F)c1. The van der Waals surface area contributed by atoms with Crippen LogP contribution in [0.1, 0.15) is 42.5 Å². The highest BCUT2D eigenvalue weighted by molar-refractivity contribution is 7.90. The minimum absolute atomic E-state index is 0.00540. The van der Waals surface area contributed by atoms with Gasteiger partial charge in [0.25, 0.3) is 0 Å². The van der Waals surface area contributed by atoms with Crippen LogP contribution in [0.2, 0.25) is 0 Å². The molecular formula is C31H33F7N4O3S. The molecule has 1 amide bonds. The molecule has 0 aliphatic carbocycles. The van der Waals surface area contributed by atoms with Gasteiger partial charge in [0.15, 0.2) is 9.84 Å². The highest BCUT2D eigenvalue weighted by Gasteiger charge is 2.41. The van der Waals surface area contributed by atoms with Crippen molar-refractivity contribution in [3.05, 3.63) is 76.7 Å². The number of alkyl halides is 6. The summed E-state index contributed by atoms with van der Waals surface area (Å²) in [5.41, 5.74) is -3.80. The fourth-order valence-electron chi connectivity index (χ4n) is 5.39. The molecule has 1 fully saturated rings. The smallest absolute Gasteiger partial charge is 0.355 e. The molecule has 1 atom stereocenters. The number of hydrogen-bond acceptors (Lipinski definition) is 6. The number of likely N-dealkylation sites (N-methyl/N-ethyl adjacent to an activating group) is 1. The Morgan fingerprint density at radius 2 is 1.57 bits per heavy atom. The van der Waals surface area contributed by atoms with Crippen LogP contribution >= 0.6 is 0 Å². The third kappa shape index (κ3) is 7.80. The van der Waals surface area contributed by atoms with Gasteiger partial charge >= 0.3 is 12.4 Å². The summed E-state index contributed by atoms with van der Waals surface area (Å²) >= 11 is 0. The number of sulfone groups is 1. The van der Waals surface area contributed by atoms with E-state index in [1.807, 2.05) is 4.90 Å². The number of anilines is 2. The lowest BCUT2D eigenvalue weighted by atomic mass is 9.81. The van der Waals surface area contributed by atoms with E-state index in [0.717, 1.165) is 11.2 Å². The molecule has 46 heavy (non-hydrogen) atoms. The van der Waals surface area contributed by atoms with Gasteiger partial charge in [-0.3, -0.25) is 10.1 Å². The van der Waals surface area contributed by atoms with Crippen molar-refractivity contribution in [3.63, 3.8) is 0 Å². The number of nitrogens with zero attached hydrogens (tertiary/aromatic N) is 3. The number of aryl methyl sites for hydroxylation is 1. The summed E-state index contributed by atoms with van der Waals surface area (Å²) in [5, 5.41) is 2.99. The molecule has 1 aliphatic rings. The first kappa shape index (κ1) is 35.1. The zero-order valence-corrected chi connectivity index (χ0v) is 26.5. The lowest BCUT2D eigenvalue weighted by Gasteiger charge is -2.32. The number of benzene rings is 2. The van der Waals surface area contributed by atoms with Gasteiger partial charge in [0.2, 0.25) is 5.91 Å². The largest absolute Gasteiger partial charge is 0.416 e. The Hall–Kier alpha value is -3.72. The molecule has 4 rings (SSSR count). The number of pyridine rings is 1. The van der Waals surface area contributed by atoms with E-state index in [-0.39, 0.29) is 23.7 Å². The summed E-state index contributed by atoms with van der Waals surface area (Å²) in [5.74, 6) is -1.05. The Morgan fingerprint density at radius 3 is 2.11 bits per heavy atom. The van der Waals surface area contributed by atoms with E-state index in [9.17, 15) is 43.9 Å². The second-order valence-electron chi connectivity index (χ2n) is 12.0. The van der Waals surface area contributed by atoms with E-state index in [1.165, 1.54) is 45.3 Å². The number of hydrogen-bond donors (Lipinski definition) is 1. The third-order valence-corrected chi connectivity index (χ3v) is 8.69. The second-order valence-corrected chi connectivity index (χ2v) is 14.1. The topological polar surface area (TPSA) is 82.6 Å². The minimum Gasteiger partial charge on any atom is -0.355 e. The van der Waals surface area contributed by atoms with Crippen molar-refractivity contribution in [3.8, 4) is 11.1 Å². The molecular weight excluding hydrogens is 641 g/mol. The average Bonchev–Trinajstić information content (AvgIpc) is 3.43. The molecule has 1 aliphatic heterocycles. The summed E-state index contributed by atoms with van der Waals surface area (Å²) in [4.78, 5) is 21.5. The first-order chi connectivity index (χ1) is 21.1. The Labute approximate surface area is 262 Å². The molecule has 3 aromatic rings. The maximum absolute atomic E-state index is 14.1. The molecule has 1 aromatic heterocycles. The molecule has 0 radical (unpaired) electrons. The van der Waals surface area contributed by atoms with Crippen molar-refractivity contribution in [1.29, 1.82) is 0 Å². The Morgan fingerprint density at radius 1 is 0.978 bits per heavy atom. The van der Waals surface area contributed by atoms with Gasteiger partial charge in [-0.2, -0.15) is 26.3 Å². The van der Waals surface area contributed by atoms with Crippen LogP contribution in [0.3, 0.4) is 0 Å². The lowest BCUT2D eigenvalue weighted by molar-refractivity contribution is -0.143. The van der Waals surface area contributed by atoms with Gasteiger partial charge < -0.3 is 9.80 Å². The van der Waals surface area contributed by atoms with Crippen molar-refractivity contribution >= 4 is 27.2 Å². The van der Waals surface area contributed by atoms with Crippen LogP contribution in [0, 0.1) is 12.7 Å². The molecule has 2 heterocycles. The third-order valence-electron chi connectivity index (χ3n) is 8.00. The van der Waals surface area contributed by atoms with E-state index >= 15 is 0 Å². The second kappa shape index (κ2) is 12.5. The van der Waals surface area contributed by atoms with Crippen molar-refractivity contribution in [2.24, 2.45) is 0 Å². The highest BCUT2D eigenvalue weighted by Crippen LogP contribution is 2.41. The first-order valence-corrected chi connectivity index (χ1v) is 16.1. The molecule has 250 valence electrons. The molecule has 2 aromatic carbocycles. The Kier molecular flexibility index (Phi) is 9.53. The van der Waals surface area contributed by atoms with Crippen LogP contribution in [0.4, 0.5) is 42.2 Å². The van der Waals surface area contributed by atoms with Gasteiger partial charge in [0.05, 0.1) is 34.3 Å². The molecule has 1 unspecified atom stereocenters.